The van der Waals surface area contributed by atoms with Gasteiger partial charge in [0.15, 0.2) is 0 Å². The maximum Gasteiger partial charge on any atom is 0.277 e. The number of nitrogens with zero attached hydrogens (tertiary/aromatic N) is 3. The minimum absolute atomic E-state index is 0.0466. The van der Waals surface area contributed by atoms with Crippen molar-refractivity contribution in [2.75, 3.05) is 17.3 Å². The molecule has 2 heterocycles. The summed E-state index contributed by atoms with van der Waals surface area (Å²) < 4.78 is 11.7. The molecule has 0 radical (unpaired) electrons. The molecule has 1 aliphatic heterocycles. The third kappa shape index (κ3) is 4.11. The maximum absolute atomic E-state index is 13.4. The van der Waals surface area contributed by atoms with Crippen molar-refractivity contribution in [3.05, 3.63) is 90.0 Å². The van der Waals surface area contributed by atoms with Crippen LogP contribution >= 0.6 is 11.8 Å². The van der Waals surface area contributed by atoms with Crippen LogP contribution in [0.3, 0.4) is 0 Å². The standard InChI is InChI=1S/C25H21N3O3S/c1-17-11-13-19(14-12-17)24-26-27-25(31-24)32-16-23(29)28-20-9-5-6-10-22(20)30-15-21(28)18-7-3-2-4-8-18/h2-14,21H,15-16H2,1H3/t21-/m1/s1. The van der Waals surface area contributed by atoms with Crippen molar-refractivity contribution in [2.24, 2.45) is 0 Å². The van der Waals surface area contributed by atoms with E-state index in [1.807, 2.05) is 90.7 Å². The van der Waals surface area contributed by atoms with Gasteiger partial charge in [-0.25, -0.2) is 0 Å². The van der Waals surface area contributed by atoms with Gasteiger partial charge in [-0.1, -0.05) is 71.9 Å². The summed E-state index contributed by atoms with van der Waals surface area (Å²) in [5, 5.41) is 8.59. The van der Waals surface area contributed by atoms with Gasteiger partial charge < -0.3 is 9.15 Å². The van der Waals surface area contributed by atoms with Gasteiger partial charge in [-0.15, -0.1) is 10.2 Å². The van der Waals surface area contributed by atoms with E-state index in [4.69, 9.17) is 9.15 Å². The summed E-state index contributed by atoms with van der Waals surface area (Å²) in [5.74, 6) is 1.28. The first-order valence-corrected chi connectivity index (χ1v) is 11.3. The Labute approximate surface area is 190 Å². The van der Waals surface area contributed by atoms with Gasteiger partial charge in [0.1, 0.15) is 12.4 Å². The molecular weight excluding hydrogens is 422 g/mol. The Morgan fingerprint density at radius 3 is 2.56 bits per heavy atom. The quantitative estimate of drug-likeness (QED) is 0.390. The highest BCUT2D eigenvalue weighted by atomic mass is 32.2. The Morgan fingerprint density at radius 1 is 1.00 bits per heavy atom. The molecule has 5 rings (SSSR count). The van der Waals surface area contributed by atoms with Crippen molar-refractivity contribution in [1.82, 2.24) is 10.2 Å². The normalized spacial score (nSPS) is 15.2. The smallest absolute Gasteiger partial charge is 0.277 e. The summed E-state index contributed by atoms with van der Waals surface area (Å²) in [5.41, 5.74) is 3.81. The van der Waals surface area contributed by atoms with E-state index in [1.165, 1.54) is 11.8 Å². The van der Waals surface area contributed by atoms with E-state index < -0.39 is 0 Å². The summed E-state index contributed by atoms with van der Waals surface area (Å²) >= 11 is 1.24. The largest absolute Gasteiger partial charge is 0.489 e. The Bertz CT molecular complexity index is 1220. The van der Waals surface area contributed by atoms with Gasteiger partial charge in [-0.05, 0) is 36.8 Å². The van der Waals surface area contributed by atoms with Gasteiger partial charge in [0.2, 0.25) is 11.8 Å². The SMILES string of the molecule is Cc1ccc(-c2nnc(SCC(=O)N3c4ccccc4OC[C@@H]3c3ccccc3)o2)cc1. The summed E-state index contributed by atoms with van der Waals surface area (Å²) in [6.07, 6.45) is 0. The zero-order valence-corrected chi connectivity index (χ0v) is 18.3. The molecule has 0 fully saturated rings. The van der Waals surface area contributed by atoms with E-state index >= 15 is 0 Å². The Morgan fingerprint density at radius 2 is 1.75 bits per heavy atom. The topological polar surface area (TPSA) is 68.5 Å². The van der Waals surface area contributed by atoms with Gasteiger partial charge in [-0.2, -0.15) is 0 Å². The van der Waals surface area contributed by atoms with Gasteiger partial charge >= 0.3 is 0 Å². The summed E-state index contributed by atoms with van der Waals surface area (Å²) in [7, 11) is 0. The second kappa shape index (κ2) is 8.88. The molecule has 4 aromatic rings. The first-order chi connectivity index (χ1) is 15.7. The lowest BCUT2D eigenvalue weighted by molar-refractivity contribution is -0.117. The molecule has 1 aromatic heterocycles. The minimum Gasteiger partial charge on any atom is -0.489 e. The van der Waals surface area contributed by atoms with Crippen molar-refractivity contribution in [3.8, 4) is 17.2 Å². The number of fused-ring (bicyclic) bond motifs is 1. The number of aryl methyl sites for hydroxylation is 1. The first kappa shape index (κ1) is 20.3. The molecule has 0 N–H and O–H groups in total. The van der Waals surface area contributed by atoms with E-state index in [0.717, 1.165) is 22.4 Å². The highest BCUT2D eigenvalue weighted by Crippen LogP contribution is 2.39. The number of para-hydroxylation sites is 2. The monoisotopic (exact) mass is 443 g/mol. The summed E-state index contributed by atoms with van der Waals surface area (Å²) in [4.78, 5) is 15.2. The predicted octanol–water partition coefficient (Wildman–Crippen LogP) is 5.30. The fourth-order valence-corrected chi connectivity index (χ4v) is 4.31. The highest BCUT2D eigenvalue weighted by molar-refractivity contribution is 7.99. The fourth-order valence-electron chi connectivity index (χ4n) is 3.69. The molecule has 0 bridgehead atoms. The van der Waals surface area contributed by atoms with E-state index in [9.17, 15) is 4.79 Å². The summed E-state index contributed by atoms with van der Waals surface area (Å²) in [6.45, 7) is 2.42. The van der Waals surface area contributed by atoms with Gasteiger partial charge in [0.05, 0.1) is 17.5 Å². The van der Waals surface area contributed by atoms with Crippen LogP contribution in [-0.2, 0) is 4.79 Å². The van der Waals surface area contributed by atoms with Crippen molar-refractivity contribution in [2.45, 2.75) is 18.2 Å². The molecule has 160 valence electrons. The number of benzene rings is 3. The van der Waals surface area contributed by atoms with Crippen LogP contribution in [-0.4, -0.2) is 28.5 Å². The van der Waals surface area contributed by atoms with Crippen LogP contribution in [0.1, 0.15) is 17.2 Å². The number of carbonyl (C=O) groups is 1. The number of thioether (sulfide) groups is 1. The number of carbonyl (C=O) groups excluding carboxylic acids is 1. The second-order valence-electron chi connectivity index (χ2n) is 7.50. The van der Waals surface area contributed by atoms with E-state index in [2.05, 4.69) is 10.2 Å². The maximum atomic E-state index is 13.4. The lowest BCUT2D eigenvalue weighted by atomic mass is 10.0. The van der Waals surface area contributed by atoms with Crippen LogP contribution in [0.2, 0.25) is 0 Å². The molecule has 7 heteroatoms. The molecule has 1 amide bonds. The molecule has 0 unspecified atom stereocenters. The number of rotatable bonds is 5. The number of aromatic nitrogens is 2. The Hall–Kier alpha value is -3.58. The van der Waals surface area contributed by atoms with E-state index in [1.54, 1.807) is 0 Å². The van der Waals surface area contributed by atoms with Crippen LogP contribution in [0.5, 0.6) is 5.75 Å². The van der Waals surface area contributed by atoms with E-state index in [-0.39, 0.29) is 17.7 Å². The fraction of sp³-hybridized carbons (Fsp3) is 0.160. The Balaban J connectivity index is 1.36. The third-order valence-electron chi connectivity index (χ3n) is 5.31. The van der Waals surface area contributed by atoms with Crippen LogP contribution < -0.4 is 9.64 Å². The van der Waals surface area contributed by atoms with Crippen molar-refractivity contribution in [1.29, 1.82) is 0 Å². The lowest BCUT2D eigenvalue weighted by Gasteiger charge is -2.37. The Kier molecular flexibility index (Phi) is 5.64. The van der Waals surface area contributed by atoms with Gasteiger partial charge in [0.25, 0.3) is 5.22 Å². The predicted molar refractivity (Wildman–Crippen MR) is 124 cm³/mol. The lowest BCUT2D eigenvalue weighted by Crippen LogP contribution is -2.42. The molecule has 0 saturated heterocycles. The number of anilines is 1. The number of hydrogen-bond donors (Lipinski definition) is 0. The van der Waals surface area contributed by atoms with E-state index in [0.29, 0.717) is 23.5 Å². The van der Waals surface area contributed by atoms with Crippen LogP contribution in [0.15, 0.2) is 88.5 Å². The van der Waals surface area contributed by atoms with Gasteiger partial charge in [-0.3, -0.25) is 9.69 Å². The number of ether oxygens (including phenoxy) is 1. The molecule has 32 heavy (non-hydrogen) atoms. The molecule has 6 nitrogen and oxygen atoms in total. The highest BCUT2D eigenvalue weighted by Gasteiger charge is 2.33. The average molecular weight is 444 g/mol. The average Bonchev–Trinajstić information content (AvgIpc) is 3.32. The molecule has 0 saturated carbocycles. The third-order valence-corrected chi connectivity index (χ3v) is 6.11. The zero-order chi connectivity index (χ0) is 21.9. The van der Waals surface area contributed by atoms with Crippen LogP contribution in [0, 0.1) is 6.92 Å². The molecule has 0 aliphatic carbocycles. The van der Waals surface area contributed by atoms with Gasteiger partial charge in [0, 0.05) is 5.56 Å². The molecule has 1 atom stereocenters. The zero-order valence-electron chi connectivity index (χ0n) is 17.5. The molecular formula is C25H21N3O3S. The van der Waals surface area contributed by atoms with Crippen LogP contribution in [0.25, 0.3) is 11.5 Å². The molecule has 1 aliphatic rings. The minimum atomic E-state index is -0.204. The molecule has 0 spiro atoms. The van der Waals surface area contributed by atoms with Crippen molar-refractivity contribution in [3.63, 3.8) is 0 Å². The first-order valence-electron chi connectivity index (χ1n) is 10.3. The number of hydrogen-bond acceptors (Lipinski definition) is 6. The second-order valence-corrected chi connectivity index (χ2v) is 8.42. The van der Waals surface area contributed by atoms with Crippen molar-refractivity contribution < 1.29 is 13.9 Å². The summed E-state index contributed by atoms with van der Waals surface area (Å²) in [6, 6.07) is 25.2. The van der Waals surface area contributed by atoms with Crippen molar-refractivity contribution >= 4 is 23.4 Å². The number of amides is 1. The molecule has 3 aromatic carbocycles. The van der Waals surface area contributed by atoms with Crippen LogP contribution in [0.4, 0.5) is 5.69 Å².